The second-order valence-electron chi connectivity index (χ2n) is 9.24. The van der Waals surface area contributed by atoms with E-state index >= 15 is 4.39 Å². The molecule has 2 N–H and O–H groups in total. The van der Waals surface area contributed by atoms with Gasteiger partial charge in [0.2, 0.25) is 5.88 Å². The molecule has 0 aliphatic heterocycles. The van der Waals surface area contributed by atoms with Crippen LogP contribution in [0.5, 0.6) is 5.88 Å². The van der Waals surface area contributed by atoms with Crippen molar-refractivity contribution in [2.45, 2.75) is 52.1 Å². The molecule has 0 atom stereocenters. The van der Waals surface area contributed by atoms with Crippen molar-refractivity contribution in [3.63, 3.8) is 0 Å². The summed E-state index contributed by atoms with van der Waals surface area (Å²) in [5.74, 6) is -0.361. The summed E-state index contributed by atoms with van der Waals surface area (Å²) in [6, 6.07) is 12.8. The minimum absolute atomic E-state index is 0.0262. The van der Waals surface area contributed by atoms with Gasteiger partial charge in [-0.3, -0.25) is 4.79 Å². The second kappa shape index (κ2) is 9.49. The Kier molecular flexibility index (Phi) is 6.24. The van der Waals surface area contributed by atoms with Crippen LogP contribution >= 0.6 is 0 Å². The van der Waals surface area contributed by atoms with Crippen molar-refractivity contribution in [3.8, 4) is 28.4 Å². The number of hydrogen-bond donors (Lipinski definition) is 2. The van der Waals surface area contributed by atoms with Gasteiger partial charge in [0, 0.05) is 17.8 Å². The van der Waals surface area contributed by atoms with Crippen LogP contribution in [-0.4, -0.2) is 32.1 Å². The number of benzene rings is 2. The fourth-order valence-corrected chi connectivity index (χ4v) is 4.82. The molecule has 5 rings (SSSR count). The van der Waals surface area contributed by atoms with E-state index in [-0.39, 0.29) is 17.8 Å². The van der Waals surface area contributed by atoms with Crippen LogP contribution in [-0.2, 0) is 11.2 Å². The number of ether oxygens (including phenoxy) is 1. The van der Waals surface area contributed by atoms with Gasteiger partial charge in [-0.05, 0) is 86.1 Å². The topological polar surface area (TPSA) is 88.1 Å². The number of carbonyl (C=O) groups is 1. The molecule has 0 spiro atoms. The number of rotatable bonds is 6. The smallest absolute Gasteiger partial charge is 0.306 e. The zero-order chi connectivity index (χ0) is 24.5. The Morgan fingerprint density at radius 1 is 1.11 bits per heavy atom. The van der Waals surface area contributed by atoms with E-state index in [1.54, 1.807) is 18.3 Å². The van der Waals surface area contributed by atoms with E-state index in [1.165, 1.54) is 17.2 Å². The lowest BCUT2D eigenvalue weighted by Gasteiger charge is -2.26. The number of halogens is 1. The maximum atomic E-state index is 15.1. The van der Waals surface area contributed by atoms with Crippen LogP contribution in [0.2, 0.25) is 0 Å². The quantitative estimate of drug-likeness (QED) is 0.342. The molecule has 180 valence electrons. The summed E-state index contributed by atoms with van der Waals surface area (Å²) in [6.07, 6.45) is 5.21. The summed E-state index contributed by atoms with van der Waals surface area (Å²) in [5.41, 5.74) is 6.08. The summed E-state index contributed by atoms with van der Waals surface area (Å²) >= 11 is 0. The first-order chi connectivity index (χ1) is 16.9. The average Bonchev–Trinajstić information content (AvgIpc) is 3.26. The van der Waals surface area contributed by atoms with E-state index < -0.39 is 5.97 Å². The fourth-order valence-electron chi connectivity index (χ4n) is 4.82. The van der Waals surface area contributed by atoms with Crippen molar-refractivity contribution >= 4 is 17.0 Å². The maximum Gasteiger partial charge on any atom is 0.306 e. The lowest BCUT2D eigenvalue weighted by atomic mass is 9.87. The van der Waals surface area contributed by atoms with Crippen molar-refractivity contribution < 1.29 is 19.0 Å². The van der Waals surface area contributed by atoms with Crippen LogP contribution in [0.15, 0.2) is 48.7 Å². The zero-order valence-corrected chi connectivity index (χ0v) is 19.8. The van der Waals surface area contributed by atoms with Crippen LogP contribution in [0.3, 0.4) is 0 Å². The van der Waals surface area contributed by atoms with Gasteiger partial charge in [-0.25, -0.2) is 14.4 Å². The number of aryl methyl sites for hydroxylation is 2. The molecule has 2 aromatic carbocycles. The van der Waals surface area contributed by atoms with Gasteiger partial charge in [-0.2, -0.15) is 0 Å². The Bertz CT molecular complexity index is 1370. The van der Waals surface area contributed by atoms with Gasteiger partial charge in [-0.15, -0.1) is 0 Å². The van der Waals surface area contributed by atoms with Crippen LogP contribution in [0.25, 0.3) is 33.5 Å². The molecule has 1 aliphatic rings. The summed E-state index contributed by atoms with van der Waals surface area (Å²) in [5, 5.41) is 9.13. The molecule has 1 fully saturated rings. The second-order valence-corrected chi connectivity index (χ2v) is 9.24. The molecule has 0 unspecified atom stereocenters. The highest BCUT2D eigenvalue weighted by molar-refractivity contribution is 5.81. The number of nitrogens with zero attached hydrogens (tertiary/aromatic N) is 2. The number of imidazole rings is 1. The summed E-state index contributed by atoms with van der Waals surface area (Å²) in [7, 11) is 0. The molecule has 1 saturated carbocycles. The average molecular weight is 474 g/mol. The van der Waals surface area contributed by atoms with Gasteiger partial charge in [0.25, 0.3) is 0 Å². The SMILES string of the molecule is CCc1cc2nc(-c3ccc(-c4ccc(OC5CCC(C(=O)O)CC5)nc4)cc3F)[nH]c2cc1C. The molecule has 4 aromatic rings. The molecule has 0 radical (unpaired) electrons. The Balaban J connectivity index is 1.30. The van der Waals surface area contributed by atoms with Gasteiger partial charge in [-0.1, -0.05) is 13.0 Å². The van der Waals surface area contributed by atoms with Crippen molar-refractivity contribution in [3.05, 3.63) is 65.6 Å². The number of carboxylic acids is 1. The highest BCUT2D eigenvalue weighted by atomic mass is 19.1. The van der Waals surface area contributed by atoms with Crippen LogP contribution < -0.4 is 4.74 Å². The Hall–Kier alpha value is -3.74. The first-order valence-electron chi connectivity index (χ1n) is 12.1. The van der Waals surface area contributed by atoms with Crippen LogP contribution in [0.4, 0.5) is 4.39 Å². The number of aliphatic carboxylic acids is 1. The third-order valence-electron chi connectivity index (χ3n) is 6.93. The van der Waals surface area contributed by atoms with Crippen LogP contribution in [0.1, 0.15) is 43.7 Å². The molecule has 2 heterocycles. The minimum Gasteiger partial charge on any atom is -0.481 e. The summed E-state index contributed by atoms with van der Waals surface area (Å²) in [6.45, 7) is 4.18. The van der Waals surface area contributed by atoms with Crippen molar-refractivity contribution in [2.24, 2.45) is 5.92 Å². The Morgan fingerprint density at radius 3 is 2.54 bits per heavy atom. The van der Waals surface area contributed by atoms with Crippen molar-refractivity contribution in [1.29, 1.82) is 0 Å². The van der Waals surface area contributed by atoms with E-state index in [4.69, 9.17) is 9.84 Å². The monoisotopic (exact) mass is 473 g/mol. The molecule has 7 heteroatoms. The molecule has 0 bridgehead atoms. The first-order valence-corrected chi connectivity index (χ1v) is 12.1. The lowest BCUT2D eigenvalue weighted by molar-refractivity contribution is -0.143. The largest absolute Gasteiger partial charge is 0.481 e. The number of nitrogens with one attached hydrogen (secondary N) is 1. The number of H-pyrrole nitrogens is 1. The molecule has 35 heavy (non-hydrogen) atoms. The fraction of sp³-hybridized carbons (Fsp3) is 0.321. The minimum atomic E-state index is -0.731. The molecule has 6 nitrogen and oxygen atoms in total. The summed E-state index contributed by atoms with van der Waals surface area (Å²) < 4.78 is 21.0. The van der Waals surface area contributed by atoms with E-state index in [1.807, 2.05) is 12.1 Å². The number of carboxylic acid groups (broad SMARTS) is 1. The normalized spacial score (nSPS) is 18.0. The Morgan fingerprint density at radius 2 is 1.89 bits per heavy atom. The van der Waals surface area contributed by atoms with Crippen molar-refractivity contribution in [2.75, 3.05) is 0 Å². The van der Waals surface area contributed by atoms with Crippen LogP contribution in [0, 0.1) is 18.7 Å². The van der Waals surface area contributed by atoms with Gasteiger partial charge < -0.3 is 14.8 Å². The van der Waals surface area contributed by atoms with Gasteiger partial charge in [0.15, 0.2) is 0 Å². The van der Waals surface area contributed by atoms with Gasteiger partial charge >= 0.3 is 5.97 Å². The number of aromatic amines is 1. The van der Waals surface area contributed by atoms with Gasteiger partial charge in [0.05, 0.1) is 22.5 Å². The predicted molar refractivity (Wildman–Crippen MR) is 133 cm³/mol. The zero-order valence-electron chi connectivity index (χ0n) is 19.8. The van der Waals surface area contributed by atoms with E-state index in [0.29, 0.717) is 48.5 Å². The first kappa shape index (κ1) is 23.0. The standard InChI is InChI=1S/C28H28FN3O3/c1-3-17-14-25-24(12-16(17)2)31-27(32-25)22-10-6-19(13-23(22)29)20-7-11-26(30-15-20)35-21-8-4-18(5-9-21)28(33)34/h6-7,10-15,18,21H,3-5,8-9H2,1-2H3,(H,31,32)(H,33,34). The number of aromatic nitrogens is 3. The third-order valence-corrected chi connectivity index (χ3v) is 6.93. The molecule has 1 aliphatic carbocycles. The Labute approximate surface area is 203 Å². The van der Waals surface area contributed by atoms with Gasteiger partial charge in [0.1, 0.15) is 17.7 Å². The highest BCUT2D eigenvalue weighted by Gasteiger charge is 2.27. The number of hydrogen-bond acceptors (Lipinski definition) is 4. The molecule has 0 amide bonds. The van der Waals surface area contributed by atoms with Crippen molar-refractivity contribution in [1.82, 2.24) is 15.0 Å². The molecular formula is C28H28FN3O3. The lowest BCUT2D eigenvalue weighted by Crippen LogP contribution is -2.28. The van der Waals surface area contributed by atoms with E-state index in [0.717, 1.165) is 23.0 Å². The third kappa shape index (κ3) is 4.76. The molecule has 2 aromatic heterocycles. The maximum absolute atomic E-state index is 15.1. The highest BCUT2D eigenvalue weighted by Crippen LogP contribution is 2.30. The summed E-state index contributed by atoms with van der Waals surface area (Å²) in [4.78, 5) is 23.4. The molecule has 0 saturated heterocycles. The predicted octanol–water partition coefficient (Wildman–Crippen LogP) is 6.32. The van der Waals surface area contributed by atoms with E-state index in [9.17, 15) is 4.79 Å². The van der Waals surface area contributed by atoms with E-state index in [2.05, 4.69) is 40.9 Å². The number of pyridine rings is 1. The molecular weight excluding hydrogens is 445 g/mol. The number of fused-ring (bicyclic) bond motifs is 1.